The number of nitrogens with zero attached hydrogens (tertiary/aromatic N) is 3. The number of ether oxygens (including phenoxy) is 1. The number of rotatable bonds is 6. The third-order valence-corrected chi connectivity index (χ3v) is 7.33. The van der Waals surface area contributed by atoms with Crippen molar-refractivity contribution >= 4 is 44.4 Å². The lowest BCUT2D eigenvalue weighted by atomic mass is 10.1. The Bertz CT molecular complexity index is 1390. The lowest BCUT2D eigenvalue weighted by Gasteiger charge is -2.27. The van der Waals surface area contributed by atoms with Gasteiger partial charge in [0.1, 0.15) is 5.56 Å². The number of pyridine rings is 1. The van der Waals surface area contributed by atoms with Gasteiger partial charge in [-0.1, -0.05) is 35.9 Å². The number of carbonyl (C=O) groups is 1. The number of fused-ring (bicyclic) bond motifs is 1. The van der Waals surface area contributed by atoms with Crippen molar-refractivity contribution in [1.29, 1.82) is 0 Å². The van der Waals surface area contributed by atoms with Gasteiger partial charge < -0.3 is 18.4 Å². The molecule has 0 aliphatic carbocycles. The van der Waals surface area contributed by atoms with E-state index in [1.54, 1.807) is 55.5 Å². The highest BCUT2D eigenvalue weighted by atomic mass is 35.5. The number of aryl methyl sites for hydroxylation is 1. The highest BCUT2D eigenvalue weighted by Gasteiger charge is 2.33. The molecule has 180 valence electrons. The van der Waals surface area contributed by atoms with Gasteiger partial charge in [-0.2, -0.15) is 12.7 Å². The molecule has 0 saturated carbocycles. The Kier molecular flexibility index (Phi) is 6.94. The molecule has 3 aromatic rings. The number of halogens is 1. The normalized spacial score (nSPS) is 14.8. The number of hydrogen-bond donors (Lipinski definition) is 0. The standard InChI is InChI=1S/C23H24ClN3O6S/c1-3-27(16-8-5-4-6-9-16)23(29)20-21(33-34(30,31)26-12-14-32-15-13-26)19-17(24)10-7-11-18(19)25(2)22(20)28/h4-11H,3,12-15H2,1-2H3. The van der Waals surface area contributed by atoms with Gasteiger partial charge in [0.05, 0.1) is 29.1 Å². The van der Waals surface area contributed by atoms with E-state index in [4.69, 9.17) is 20.5 Å². The summed E-state index contributed by atoms with van der Waals surface area (Å²) in [6.45, 7) is 2.60. The Balaban J connectivity index is 1.96. The Morgan fingerprint density at radius 1 is 1.12 bits per heavy atom. The first-order valence-corrected chi connectivity index (χ1v) is 12.5. The van der Waals surface area contributed by atoms with Crippen molar-refractivity contribution in [3.8, 4) is 5.75 Å². The van der Waals surface area contributed by atoms with Crippen LogP contribution in [0.5, 0.6) is 5.75 Å². The summed E-state index contributed by atoms with van der Waals surface area (Å²) in [5.74, 6) is -1.07. The van der Waals surface area contributed by atoms with Crippen LogP contribution in [0.25, 0.3) is 10.9 Å². The van der Waals surface area contributed by atoms with Crippen LogP contribution in [0.1, 0.15) is 17.3 Å². The SMILES string of the molecule is CCN(C(=O)c1c(OS(=O)(=O)N2CCOCC2)c2c(Cl)cccc2n(C)c1=O)c1ccccc1. The van der Waals surface area contributed by atoms with Crippen molar-refractivity contribution in [2.24, 2.45) is 7.05 Å². The molecule has 0 radical (unpaired) electrons. The smallest absolute Gasteiger partial charge is 0.379 e. The molecule has 1 aliphatic heterocycles. The summed E-state index contributed by atoms with van der Waals surface area (Å²) in [6.07, 6.45) is 0. The van der Waals surface area contributed by atoms with Gasteiger partial charge in [-0.3, -0.25) is 9.59 Å². The average molecular weight is 506 g/mol. The number of hydrogen-bond acceptors (Lipinski definition) is 6. The monoisotopic (exact) mass is 505 g/mol. The molecule has 0 atom stereocenters. The molecule has 4 rings (SSSR count). The molecule has 1 aromatic heterocycles. The van der Waals surface area contributed by atoms with Crippen LogP contribution in [0.4, 0.5) is 5.69 Å². The first-order valence-electron chi connectivity index (χ1n) is 10.7. The van der Waals surface area contributed by atoms with Crippen LogP contribution in [-0.4, -0.2) is 56.0 Å². The number of carbonyl (C=O) groups excluding carboxylic acids is 1. The van der Waals surface area contributed by atoms with Gasteiger partial charge in [0.25, 0.3) is 11.5 Å². The van der Waals surface area contributed by atoms with Crippen molar-refractivity contribution in [2.75, 3.05) is 37.7 Å². The van der Waals surface area contributed by atoms with E-state index in [1.807, 2.05) is 0 Å². The lowest BCUT2D eigenvalue weighted by molar-refractivity contribution is 0.0698. The molecule has 34 heavy (non-hydrogen) atoms. The van der Waals surface area contributed by atoms with E-state index in [2.05, 4.69) is 0 Å². The average Bonchev–Trinajstić information content (AvgIpc) is 2.84. The molecule has 0 bridgehead atoms. The van der Waals surface area contributed by atoms with Crippen LogP contribution in [0.15, 0.2) is 53.3 Å². The summed E-state index contributed by atoms with van der Waals surface area (Å²) >= 11 is 6.46. The summed E-state index contributed by atoms with van der Waals surface area (Å²) in [4.78, 5) is 28.6. The van der Waals surface area contributed by atoms with Crippen molar-refractivity contribution in [1.82, 2.24) is 8.87 Å². The summed E-state index contributed by atoms with van der Waals surface area (Å²) < 4.78 is 39.5. The van der Waals surface area contributed by atoms with Gasteiger partial charge in [0.2, 0.25) is 0 Å². The molecule has 11 heteroatoms. The van der Waals surface area contributed by atoms with Crippen LogP contribution in [0, 0.1) is 0 Å². The fourth-order valence-electron chi connectivity index (χ4n) is 3.90. The maximum absolute atomic E-state index is 13.7. The van der Waals surface area contributed by atoms with E-state index >= 15 is 0 Å². The number of morpholine rings is 1. The van der Waals surface area contributed by atoms with E-state index in [9.17, 15) is 18.0 Å². The zero-order chi connectivity index (χ0) is 24.5. The van der Waals surface area contributed by atoms with Gasteiger partial charge in [-0.25, -0.2) is 0 Å². The van der Waals surface area contributed by atoms with Crippen LogP contribution >= 0.6 is 11.6 Å². The number of amides is 1. The second-order valence-electron chi connectivity index (χ2n) is 7.64. The molecule has 0 spiro atoms. The van der Waals surface area contributed by atoms with Crippen molar-refractivity contribution in [3.63, 3.8) is 0 Å². The van der Waals surface area contributed by atoms with Crippen molar-refractivity contribution < 1.29 is 22.1 Å². The predicted octanol–water partition coefficient (Wildman–Crippen LogP) is 2.81. The molecule has 2 heterocycles. The van der Waals surface area contributed by atoms with Gasteiger partial charge in [-0.05, 0) is 31.2 Å². The first-order chi connectivity index (χ1) is 16.3. The molecule has 0 N–H and O–H groups in total. The Labute approximate surface area is 202 Å². The lowest BCUT2D eigenvalue weighted by Crippen LogP contribution is -2.43. The van der Waals surface area contributed by atoms with Gasteiger partial charge in [0, 0.05) is 32.4 Å². The molecular formula is C23H24ClN3O6S. The Morgan fingerprint density at radius 2 is 1.79 bits per heavy atom. The summed E-state index contributed by atoms with van der Waals surface area (Å²) in [6, 6.07) is 13.6. The van der Waals surface area contributed by atoms with E-state index in [-0.39, 0.29) is 49.0 Å². The molecule has 2 aromatic carbocycles. The fourth-order valence-corrected chi connectivity index (χ4v) is 5.24. The van der Waals surface area contributed by atoms with E-state index in [0.717, 1.165) is 4.31 Å². The summed E-state index contributed by atoms with van der Waals surface area (Å²) in [5, 5.41) is 0.313. The molecule has 1 aliphatic rings. The molecule has 9 nitrogen and oxygen atoms in total. The van der Waals surface area contributed by atoms with E-state index in [1.165, 1.54) is 16.5 Å². The van der Waals surface area contributed by atoms with Crippen LogP contribution < -0.4 is 14.6 Å². The zero-order valence-corrected chi connectivity index (χ0v) is 20.3. The molecule has 1 amide bonds. The number of aromatic nitrogens is 1. The number of benzene rings is 2. The van der Waals surface area contributed by atoms with Crippen molar-refractivity contribution in [3.05, 3.63) is 69.5 Å². The topological polar surface area (TPSA) is 98.2 Å². The third-order valence-electron chi connectivity index (χ3n) is 5.64. The number of anilines is 1. The van der Waals surface area contributed by atoms with E-state index in [0.29, 0.717) is 11.2 Å². The second-order valence-corrected chi connectivity index (χ2v) is 9.59. The second kappa shape index (κ2) is 9.75. The minimum atomic E-state index is -4.35. The molecular weight excluding hydrogens is 482 g/mol. The largest absolute Gasteiger partial charge is 0.385 e. The van der Waals surface area contributed by atoms with Gasteiger partial charge >= 0.3 is 10.3 Å². The molecule has 0 unspecified atom stereocenters. The fraction of sp³-hybridized carbons (Fsp3) is 0.304. The molecule has 1 fully saturated rings. The van der Waals surface area contributed by atoms with E-state index < -0.39 is 27.3 Å². The molecule has 1 saturated heterocycles. The minimum Gasteiger partial charge on any atom is -0.379 e. The Morgan fingerprint density at radius 3 is 2.44 bits per heavy atom. The Hall–Kier alpha value is -2.92. The summed E-state index contributed by atoms with van der Waals surface area (Å²) in [7, 11) is -2.85. The highest BCUT2D eigenvalue weighted by Crippen LogP contribution is 2.36. The van der Waals surface area contributed by atoms with Crippen LogP contribution in [-0.2, 0) is 22.1 Å². The van der Waals surface area contributed by atoms with Crippen LogP contribution in [0.2, 0.25) is 5.02 Å². The maximum atomic E-state index is 13.7. The van der Waals surface area contributed by atoms with Gasteiger partial charge in [-0.15, -0.1) is 0 Å². The highest BCUT2D eigenvalue weighted by molar-refractivity contribution is 7.84. The van der Waals surface area contributed by atoms with Gasteiger partial charge in [0.15, 0.2) is 5.75 Å². The number of para-hydroxylation sites is 1. The van der Waals surface area contributed by atoms with Crippen molar-refractivity contribution in [2.45, 2.75) is 6.92 Å². The summed E-state index contributed by atoms with van der Waals surface area (Å²) in [5.41, 5.74) is -0.214. The predicted molar refractivity (Wildman–Crippen MR) is 130 cm³/mol. The maximum Gasteiger partial charge on any atom is 0.385 e. The zero-order valence-electron chi connectivity index (χ0n) is 18.7. The van der Waals surface area contributed by atoms with Crippen LogP contribution in [0.3, 0.4) is 0 Å². The minimum absolute atomic E-state index is 0.0905. The third kappa shape index (κ3) is 4.41. The quantitative estimate of drug-likeness (QED) is 0.511. The first kappa shape index (κ1) is 24.2.